The molecular weight excluding hydrogens is 318 g/mol. The maximum absolute atomic E-state index is 6.01. The van der Waals surface area contributed by atoms with Crippen LogP contribution < -0.4 is 10.1 Å². The van der Waals surface area contributed by atoms with Crippen molar-refractivity contribution < 1.29 is 9.47 Å². The second-order valence-corrected chi connectivity index (χ2v) is 6.39. The average Bonchev–Trinajstić information content (AvgIpc) is 2.88. The zero-order valence-corrected chi connectivity index (χ0v) is 14.1. The molecule has 0 bridgehead atoms. The maximum Gasteiger partial charge on any atom is 0.119 e. The molecule has 4 heteroatoms. The van der Waals surface area contributed by atoms with E-state index in [4.69, 9.17) is 9.47 Å². The third kappa shape index (κ3) is 3.54. The molecular formula is C16H24BrNO2. The molecule has 2 unspecified atom stereocenters. The Bertz CT molecular complexity index is 444. The van der Waals surface area contributed by atoms with Crippen LogP contribution in [0.1, 0.15) is 32.3 Å². The van der Waals surface area contributed by atoms with Crippen molar-refractivity contribution in [3.8, 4) is 5.75 Å². The summed E-state index contributed by atoms with van der Waals surface area (Å²) < 4.78 is 12.5. The van der Waals surface area contributed by atoms with Crippen molar-refractivity contribution in [3.63, 3.8) is 0 Å². The van der Waals surface area contributed by atoms with Crippen molar-refractivity contribution in [1.29, 1.82) is 0 Å². The molecule has 2 rings (SSSR count). The van der Waals surface area contributed by atoms with Crippen molar-refractivity contribution in [3.05, 3.63) is 28.2 Å². The van der Waals surface area contributed by atoms with E-state index in [1.165, 1.54) is 5.56 Å². The van der Waals surface area contributed by atoms with Crippen LogP contribution >= 0.6 is 15.9 Å². The minimum atomic E-state index is -0.0709. The van der Waals surface area contributed by atoms with Crippen LogP contribution in [0.3, 0.4) is 0 Å². The molecule has 0 aromatic heterocycles. The van der Waals surface area contributed by atoms with Crippen molar-refractivity contribution in [2.24, 2.45) is 0 Å². The zero-order valence-electron chi connectivity index (χ0n) is 12.5. The van der Waals surface area contributed by atoms with E-state index >= 15 is 0 Å². The molecule has 0 saturated carbocycles. The molecule has 1 fully saturated rings. The van der Waals surface area contributed by atoms with Gasteiger partial charge in [0.25, 0.3) is 0 Å². The van der Waals surface area contributed by atoms with Gasteiger partial charge in [0.2, 0.25) is 0 Å². The first-order valence-corrected chi connectivity index (χ1v) is 8.08. The molecule has 20 heavy (non-hydrogen) atoms. The number of methoxy groups -OCH3 is 1. The molecule has 1 N–H and O–H groups in total. The Labute approximate surface area is 130 Å². The molecule has 112 valence electrons. The minimum Gasteiger partial charge on any atom is -0.497 e. The second kappa shape index (κ2) is 6.92. The number of hydrogen-bond donors (Lipinski definition) is 1. The van der Waals surface area contributed by atoms with E-state index in [0.717, 1.165) is 42.6 Å². The Morgan fingerprint density at radius 1 is 1.50 bits per heavy atom. The highest BCUT2D eigenvalue weighted by molar-refractivity contribution is 9.10. The lowest BCUT2D eigenvalue weighted by molar-refractivity contribution is -0.0111. The van der Waals surface area contributed by atoms with Gasteiger partial charge in [-0.1, -0.05) is 22.9 Å². The van der Waals surface area contributed by atoms with Gasteiger partial charge in [-0.15, -0.1) is 0 Å². The molecule has 3 nitrogen and oxygen atoms in total. The number of benzene rings is 1. The van der Waals surface area contributed by atoms with Crippen molar-refractivity contribution in [1.82, 2.24) is 5.32 Å². The molecule has 1 aliphatic rings. The molecule has 1 aromatic carbocycles. The van der Waals surface area contributed by atoms with Crippen LogP contribution in [0, 0.1) is 0 Å². The van der Waals surface area contributed by atoms with E-state index in [1.807, 2.05) is 6.07 Å². The first kappa shape index (κ1) is 15.8. The third-order valence-electron chi connectivity index (χ3n) is 4.11. The predicted octanol–water partition coefficient (Wildman–Crippen LogP) is 3.55. The molecule has 1 heterocycles. The highest BCUT2D eigenvalue weighted by Crippen LogP contribution is 2.32. The molecule has 0 aliphatic carbocycles. The fourth-order valence-corrected chi connectivity index (χ4v) is 3.29. The van der Waals surface area contributed by atoms with Crippen molar-refractivity contribution in [2.75, 3.05) is 20.3 Å². The Hall–Kier alpha value is -0.580. The first-order chi connectivity index (χ1) is 9.59. The predicted molar refractivity (Wildman–Crippen MR) is 85.5 cm³/mol. The summed E-state index contributed by atoms with van der Waals surface area (Å²) >= 11 is 3.64. The SMILES string of the molecule is CCNC(Cc1cc(OC)ccc1Br)C1(C)CCCO1. The van der Waals surface area contributed by atoms with Gasteiger partial charge in [0.1, 0.15) is 5.75 Å². The lowest BCUT2D eigenvalue weighted by Crippen LogP contribution is -2.49. The number of nitrogens with one attached hydrogen (secondary N) is 1. The van der Waals surface area contributed by atoms with E-state index in [1.54, 1.807) is 7.11 Å². The Kier molecular flexibility index (Phi) is 5.47. The van der Waals surface area contributed by atoms with Crippen LogP contribution in [-0.4, -0.2) is 31.9 Å². The molecule has 0 spiro atoms. The van der Waals surface area contributed by atoms with Gasteiger partial charge in [-0.2, -0.15) is 0 Å². The Balaban J connectivity index is 2.19. The van der Waals surface area contributed by atoms with Crippen molar-refractivity contribution in [2.45, 2.75) is 44.8 Å². The number of ether oxygens (including phenoxy) is 2. The van der Waals surface area contributed by atoms with Crippen molar-refractivity contribution >= 4 is 15.9 Å². The van der Waals surface area contributed by atoms with Crippen LogP contribution in [0.4, 0.5) is 0 Å². The van der Waals surface area contributed by atoms with Gasteiger partial charge in [-0.3, -0.25) is 0 Å². The summed E-state index contributed by atoms with van der Waals surface area (Å²) in [6, 6.07) is 6.45. The molecule has 0 amide bonds. The summed E-state index contributed by atoms with van der Waals surface area (Å²) in [5.74, 6) is 0.899. The highest BCUT2D eigenvalue weighted by atomic mass is 79.9. The molecule has 0 radical (unpaired) electrons. The molecule has 1 saturated heterocycles. The number of halogens is 1. The van der Waals surface area contributed by atoms with E-state index in [-0.39, 0.29) is 5.60 Å². The first-order valence-electron chi connectivity index (χ1n) is 7.29. The standard InChI is InChI=1S/C16H24BrNO2/c1-4-18-15(16(2)8-5-9-20-16)11-12-10-13(19-3)6-7-14(12)17/h6-7,10,15,18H,4-5,8-9,11H2,1-3H3. The summed E-state index contributed by atoms with van der Waals surface area (Å²) in [6.45, 7) is 6.19. The maximum atomic E-state index is 6.01. The van der Waals surface area contributed by atoms with Gasteiger partial charge in [-0.05, 0) is 56.5 Å². The molecule has 1 aliphatic heterocycles. The minimum absolute atomic E-state index is 0.0709. The van der Waals surface area contributed by atoms with Crippen LogP contribution in [0.25, 0.3) is 0 Å². The quantitative estimate of drug-likeness (QED) is 0.858. The smallest absolute Gasteiger partial charge is 0.119 e. The number of hydrogen-bond acceptors (Lipinski definition) is 3. The lowest BCUT2D eigenvalue weighted by Gasteiger charge is -2.34. The topological polar surface area (TPSA) is 30.5 Å². The van der Waals surface area contributed by atoms with Gasteiger partial charge in [0.05, 0.1) is 12.7 Å². The Morgan fingerprint density at radius 3 is 2.90 bits per heavy atom. The van der Waals surface area contributed by atoms with E-state index in [9.17, 15) is 0 Å². The van der Waals surface area contributed by atoms with Gasteiger partial charge in [0, 0.05) is 17.1 Å². The fourth-order valence-electron chi connectivity index (χ4n) is 2.88. The zero-order chi connectivity index (χ0) is 14.6. The van der Waals surface area contributed by atoms with Gasteiger partial charge >= 0.3 is 0 Å². The summed E-state index contributed by atoms with van der Waals surface area (Å²) in [6.07, 6.45) is 3.20. The third-order valence-corrected chi connectivity index (χ3v) is 4.89. The van der Waals surface area contributed by atoms with E-state index in [2.05, 4.69) is 47.2 Å². The summed E-state index contributed by atoms with van der Waals surface area (Å²) in [4.78, 5) is 0. The van der Waals surface area contributed by atoms with Crippen LogP contribution in [0.5, 0.6) is 5.75 Å². The molecule has 2 atom stereocenters. The fraction of sp³-hybridized carbons (Fsp3) is 0.625. The summed E-state index contributed by atoms with van der Waals surface area (Å²) in [5, 5.41) is 3.59. The second-order valence-electron chi connectivity index (χ2n) is 5.54. The molecule has 1 aromatic rings. The Morgan fingerprint density at radius 2 is 2.30 bits per heavy atom. The van der Waals surface area contributed by atoms with Crippen LogP contribution in [-0.2, 0) is 11.2 Å². The monoisotopic (exact) mass is 341 g/mol. The van der Waals surface area contributed by atoms with Gasteiger partial charge in [-0.25, -0.2) is 0 Å². The normalized spacial score (nSPS) is 23.8. The van der Waals surface area contributed by atoms with Crippen LogP contribution in [0.15, 0.2) is 22.7 Å². The number of rotatable bonds is 6. The summed E-state index contributed by atoms with van der Waals surface area (Å²) in [5.41, 5.74) is 1.19. The summed E-state index contributed by atoms with van der Waals surface area (Å²) in [7, 11) is 1.70. The largest absolute Gasteiger partial charge is 0.497 e. The highest BCUT2D eigenvalue weighted by Gasteiger charge is 2.38. The number of likely N-dealkylation sites (N-methyl/N-ethyl adjacent to an activating group) is 1. The van der Waals surface area contributed by atoms with E-state index < -0.39 is 0 Å². The van der Waals surface area contributed by atoms with Crippen LogP contribution in [0.2, 0.25) is 0 Å². The lowest BCUT2D eigenvalue weighted by atomic mass is 9.88. The van der Waals surface area contributed by atoms with Gasteiger partial charge in [0.15, 0.2) is 0 Å². The average molecular weight is 342 g/mol. The van der Waals surface area contributed by atoms with Gasteiger partial charge < -0.3 is 14.8 Å². The van der Waals surface area contributed by atoms with E-state index in [0.29, 0.717) is 6.04 Å².